The lowest BCUT2D eigenvalue weighted by molar-refractivity contribution is 0.349. The predicted molar refractivity (Wildman–Crippen MR) is 82.2 cm³/mol. The van der Waals surface area contributed by atoms with Gasteiger partial charge in [-0.15, -0.1) is 12.4 Å². The second-order valence-electron chi connectivity index (χ2n) is 4.57. The maximum absolute atomic E-state index is 12.2. The van der Waals surface area contributed by atoms with Gasteiger partial charge in [-0.3, -0.25) is 0 Å². The molecule has 1 saturated heterocycles. The number of hydrogen-bond acceptors (Lipinski definition) is 3. The minimum atomic E-state index is -3.42. The molecule has 0 aliphatic carbocycles. The van der Waals surface area contributed by atoms with Gasteiger partial charge < -0.3 is 5.32 Å². The highest BCUT2D eigenvalue weighted by atomic mass is 79.9. The standard InChI is InChI=1S/C12H17BrN2O2S.ClH/c1-9-12(3-2-8-14-9)15-18(16,17)11-6-4-10(13)5-7-11;/h4-7,9,12,14-15H,2-3,8H2,1H3;1H. The van der Waals surface area contributed by atoms with Gasteiger partial charge in [0.25, 0.3) is 0 Å². The fourth-order valence-corrected chi connectivity index (χ4v) is 3.70. The molecule has 1 aromatic rings. The summed E-state index contributed by atoms with van der Waals surface area (Å²) < 4.78 is 28.1. The average Bonchev–Trinajstić information content (AvgIpc) is 2.32. The first-order valence-corrected chi connectivity index (χ1v) is 8.28. The molecule has 108 valence electrons. The van der Waals surface area contributed by atoms with Crippen LogP contribution in [0.25, 0.3) is 0 Å². The van der Waals surface area contributed by atoms with Crippen molar-refractivity contribution in [3.8, 4) is 0 Å². The summed E-state index contributed by atoms with van der Waals surface area (Å²) in [6.07, 6.45) is 1.88. The largest absolute Gasteiger partial charge is 0.313 e. The summed E-state index contributed by atoms with van der Waals surface area (Å²) in [5.41, 5.74) is 0. The third-order valence-corrected chi connectivity index (χ3v) is 5.23. The Morgan fingerprint density at radius 3 is 2.53 bits per heavy atom. The molecular weight excluding hydrogens is 352 g/mol. The van der Waals surface area contributed by atoms with E-state index in [0.29, 0.717) is 4.90 Å². The van der Waals surface area contributed by atoms with Crippen LogP contribution in [0.15, 0.2) is 33.6 Å². The maximum Gasteiger partial charge on any atom is 0.240 e. The van der Waals surface area contributed by atoms with Crippen LogP contribution in [0.5, 0.6) is 0 Å². The van der Waals surface area contributed by atoms with Gasteiger partial charge in [0.2, 0.25) is 10.0 Å². The van der Waals surface area contributed by atoms with Crippen LogP contribution in [0.3, 0.4) is 0 Å². The summed E-state index contributed by atoms with van der Waals surface area (Å²) >= 11 is 3.30. The van der Waals surface area contributed by atoms with Crippen LogP contribution in [0.1, 0.15) is 19.8 Å². The van der Waals surface area contributed by atoms with E-state index in [4.69, 9.17) is 0 Å². The smallest absolute Gasteiger partial charge is 0.240 e. The molecule has 0 radical (unpaired) electrons. The lowest BCUT2D eigenvalue weighted by Gasteiger charge is -2.30. The fourth-order valence-electron chi connectivity index (χ4n) is 2.09. The predicted octanol–water partition coefficient (Wildman–Crippen LogP) is 2.29. The van der Waals surface area contributed by atoms with E-state index in [1.165, 1.54) is 0 Å². The summed E-state index contributed by atoms with van der Waals surface area (Å²) in [6.45, 7) is 2.96. The Morgan fingerprint density at radius 1 is 1.32 bits per heavy atom. The molecule has 19 heavy (non-hydrogen) atoms. The molecule has 0 saturated carbocycles. The van der Waals surface area contributed by atoms with Gasteiger partial charge in [0, 0.05) is 16.6 Å². The molecule has 7 heteroatoms. The summed E-state index contributed by atoms with van der Waals surface area (Å²) in [7, 11) is -3.42. The Morgan fingerprint density at radius 2 is 1.95 bits per heavy atom. The number of hydrogen-bond donors (Lipinski definition) is 2. The van der Waals surface area contributed by atoms with E-state index in [9.17, 15) is 8.42 Å². The van der Waals surface area contributed by atoms with Gasteiger partial charge in [-0.1, -0.05) is 15.9 Å². The van der Waals surface area contributed by atoms with E-state index in [2.05, 4.69) is 26.0 Å². The van der Waals surface area contributed by atoms with E-state index in [0.717, 1.165) is 23.9 Å². The normalized spacial score (nSPS) is 23.7. The van der Waals surface area contributed by atoms with E-state index >= 15 is 0 Å². The van der Waals surface area contributed by atoms with Crippen LogP contribution < -0.4 is 10.0 Å². The molecule has 4 nitrogen and oxygen atoms in total. The van der Waals surface area contributed by atoms with Crippen molar-refractivity contribution >= 4 is 38.4 Å². The second-order valence-corrected chi connectivity index (χ2v) is 7.20. The first-order chi connectivity index (χ1) is 8.49. The molecule has 0 bridgehead atoms. The Balaban J connectivity index is 0.00000180. The zero-order valence-corrected chi connectivity index (χ0v) is 13.8. The number of rotatable bonds is 3. The molecule has 1 heterocycles. The van der Waals surface area contributed by atoms with Crippen molar-refractivity contribution in [3.63, 3.8) is 0 Å². The van der Waals surface area contributed by atoms with Gasteiger partial charge in [0.15, 0.2) is 0 Å². The lowest BCUT2D eigenvalue weighted by Crippen LogP contribution is -2.51. The van der Waals surface area contributed by atoms with Gasteiger partial charge in [0.05, 0.1) is 4.90 Å². The van der Waals surface area contributed by atoms with E-state index < -0.39 is 10.0 Å². The fraction of sp³-hybridized carbons (Fsp3) is 0.500. The molecule has 2 atom stereocenters. The van der Waals surface area contributed by atoms with Crippen molar-refractivity contribution in [2.45, 2.75) is 36.7 Å². The number of nitrogens with one attached hydrogen (secondary N) is 2. The number of piperidine rings is 1. The maximum atomic E-state index is 12.2. The zero-order valence-electron chi connectivity index (χ0n) is 10.6. The van der Waals surface area contributed by atoms with E-state index in [1.807, 2.05) is 6.92 Å². The Kier molecular flexibility index (Phi) is 6.26. The second kappa shape index (κ2) is 7.04. The van der Waals surface area contributed by atoms with Crippen LogP contribution in [-0.2, 0) is 10.0 Å². The summed E-state index contributed by atoms with van der Waals surface area (Å²) in [5, 5.41) is 3.28. The number of sulfonamides is 1. The lowest BCUT2D eigenvalue weighted by atomic mass is 10.0. The van der Waals surface area contributed by atoms with Gasteiger partial charge in [-0.25, -0.2) is 13.1 Å². The first kappa shape index (κ1) is 16.9. The van der Waals surface area contributed by atoms with Crippen molar-refractivity contribution in [2.75, 3.05) is 6.54 Å². The van der Waals surface area contributed by atoms with Gasteiger partial charge >= 0.3 is 0 Å². The highest BCUT2D eigenvalue weighted by Gasteiger charge is 2.26. The highest BCUT2D eigenvalue weighted by molar-refractivity contribution is 9.10. The molecule has 0 amide bonds. The molecule has 2 unspecified atom stereocenters. The van der Waals surface area contributed by atoms with Crippen LogP contribution in [0.2, 0.25) is 0 Å². The molecule has 1 aliphatic heterocycles. The third-order valence-electron chi connectivity index (χ3n) is 3.19. The van der Waals surface area contributed by atoms with E-state index in [1.54, 1.807) is 24.3 Å². The molecule has 0 spiro atoms. The molecule has 1 aromatic carbocycles. The minimum absolute atomic E-state index is 0. The molecule has 1 fully saturated rings. The monoisotopic (exact) mass is 368 g/mol. The van der Waals surface area contributed by atoms with Crippen molar-refractivity contribution in [1.82, 2.24) is 10.0 Å². The number of benzene rings is 1. The van der Waals surface area contributed by atoms with Crippen LogP contribution in [0, 0.1) is 0 Å². The molecule has 1 aliphatic rings. The summed E-state index contributed by atoms with van der Waals surface area (Å²) in [5.74, 6) is 0. The quantitative estimate of drug-likeness (QED) is 0.859. The topological polar surface area (TPSA) is 58.2 Å². The van der Waals surface area contributed by atoms with Crippen molar-refractivity contribution in [1.29, 1.82) is 0 Å². The first-order valence-electron chi connectivity index (χ1n) is 6.00. The number of halogens is 2. The van der Waals surface area contributed by atoms with E-state index in [-0.39, 0.29) is 24.5 Å². The summed E-state index contributed by atoms with van der Waals surface area (Å²) in [6, 6.07) is 6.81. The Labute approximate surface area is 128 Å². The molecule has 2 rings (SSSR count). The SMILES string of the molecule is CC1NCCCC1NS(=O)(=O)c1ccc(Br)cc1.Cl. The zero-order chi connectivity index (χ0) is 13.2. The average molecular weight is 370 g/mol. The van der Waals surface area contributed by atoms with Crippen LogP contribution in [0.4, 0.5) is 0 Å². The van der Waals surface area contributed by atoms with Gasteiger partial charge in [0.1, 0.15) is 0 Å². The van der Waals surface area contributed by atoms with Crippen LogP contribution >= 0.6 is 28.3 Å². The molecule has 2 N–H and O–H groups in total. The Bertz CT molecular complexity index is 507. The van der Waals surface area contributed by atoms with Gasteiger partial charge in [-0.2, -0.15) is 0 Å². The van der Waals surface area contributed by atoms with Crippen molar-refractivity contribution in [3.05, 3.63) is 28.7 Å². The van der Waals surface area contributed by atoms with Crippen molar-refractivity contribution < 1.29 is 8.42 Å². The van der Waals surface area contributed by atoms with Crippen molar-refractivity contribution in [2.24, 2.45) is 0 Å². The van der Waals surface area contributed by atoms with Crippen LogP contribution in [-0.4, -0.2) is 27.0 Å². The third kappa shape index (κ3) is 4.43. The molecular formula is C12H18BrClN2O2S. The Hall–Kier alpha value is -0.140. The minimum Gasteiger partial charge on any atom is -0.313 e. The van der Waals surface area contributed by atoms with Gasteiger partial charge in [-0.05, 0) is 50.6 Å². The highest BCUT2D eigenvalue weighted by Crippen LogP contribution is 2.17. The summed E-state index contributed by atoms with van der Waals surface area (Å²) in [4.78, 5) is 0.309. The molecule has 0 aromatic heterocycles.